The van der Waals surface area contributed by atoms with Gasteiger partial charge < -0.3 is 14.2 Å². The Kier molecular flexibility index (Phi) is 50.5. The van der Waals surface area contributed by atoms with E-state index in [4.69, 9.17) is 14.2 Å². The number of esters is 3. The van der Waals surface area contributed by atoms with E-state index in [0.29, 0.717) is 19.3 Å². The first kappa shape index (κ1) is 62.1. The minimum absolute atomic E-state index is 0.0990. The van der Waals surface area contributed by atoms with E-state index in [1.54, 1.807) is 0 Å². The molecule has 6 nitrogen and oxygen atoms in total. The molecule has 0 bridgehead atoms. The van der Waals surface area contributed by atoms with E-state index < -0.39 is 6.10 Å². The van der Waals surface area contributed by atoms with E-state index in [0.717, 1.165) is 135 Å². The Balaban J connectivity index is 4.49. The van der Waals surface area contributed by atoms with Gasteiger partial charge in [-0.1, -0.05) is 220 Å². The SMILES string of the molecule is CC/C=C\C/C=C\C/C=C\C/C=C\C/C=C\CCCCCC(=O)OC[C@H](COC(=O)CCCCCCCCCCCCCC)OC(=O)CCCCCC/C=C\C/C=C\C/C=C\C/C=C\CC. The monoisotopic (exact) mass is 915 g/mol. The molecule has 374 valence electrons. The molecule has 0 spiro atoms. The van der Waals surface area contributed by atoms with Crippen LogP contribution in [0.2, 0.25) is 0 Å². The summed E-state index contributed by atoms with van der Waals surface area (Å²) in [5.74, 6) is -0.959. The molecule has 0 fully saturated rings. The van der Waals surface area contributed by atoms with Crippen molar-refractivity contribution in [1.29, 1.82) is 0 Å². The highest BCUT2D eigenvalue weighted by atomic mass is 16.6. The lowest BCUT2D eigenvalue weighted by Gasteiger charge is -2.18. The van der Waals surface area contributed by atoms with E-state index in [1.807, 2.05) is 0 Å². The van der Waals surface area contributed by atoms with Gasteiger partial charge in [0.25, 0.3) is 0 Å². The second-order valence-corrected chi connectivity index (χ2v) is 17.4. The lowest BCUT2D eigenvalue weighted by molar-refractivity contribution is -0.167. The van der Waals surface area contributed by atoms with Crippen LogP contribution >= 0.6 is 0 Å². The number of hydrogen-bond acceptors (Lipinski definition) is 6. The fourth-order valence-corrected chi connectivity index (χ4v) is 7.05. The number of carbonyl (C=O) groups excluding carboxylic acids is 3. The van der Waals surface area contributed by atoms with Crippen LogP contribution in [-0.4, -0.2) is 37.2 Å². The average molecular weight is 915 g/mol. The van der Waals surface area contributed by atoms with E-state index in [2.05, 4.69) is 130 Å². The third kappa shape index (κ3) is 51.1. The lowest BCUT2D eigenvalue weighted by Crippen LogP contribution is -2.30. The summed E-state index contributed by atoms with van der Waals surface area (Å²) in [6, 6.07) is 0. The van der Waals surface area contributed by atoms with Crippen LogP contribution in [0.1, 0.15) is 233 Å². The van der Waals surface area contributed by atoms with Gasteiger partial charge in [0.15, 0.2) is 6.10 Å². The van der Waals surface area contributed by atoms with Gasteiger partial charge in [-0.25, -0.2) is 0 Å². The number of allylic oxidation sites excluding steroid dienone is 18. The van der Waals surface area contributed by atoms with Crippen molar-refractivity contribution in [3.8, 4) is 0 Å². The van der Waals surface area contributed by atoms with Gasteiger partial charge in [-0.3, -0.25) is 14.4 Å². The molecule has 0 aromatic rings. The third-order valence-electron chi connectivity index (χ3n) is 11.0. The molecule has 0 aliphatic carbocycles. The van der Waals surface area contributed by atoms with Crippen molar-refractivity contribution in [1.82, 2.24) is 0 Å². The van der Waals surface area contributed by atoms with Gasteiger partial charge in [0.2, 0.25) is 0 Å². The fraction of sp³-hybridized carbons (Fsp3) is 0.650. The third-order valence-corrected chi connectivity index (χ3v) is 11.0. The van der Waals surface area contributed by atoms with Crippen LogP contribution in [-0.2, 0) is 28.6 Å². The molecular weight excluding hydrogens is 817 g/mol. The number of hydrogen-bond donors (Lipinski definition) is 0. The van der Waals surface area contributed by atoms with Gasteiger partial charge >= 0.3 is 17.9 Å². The summed E-state index contributed by atoms with van der Waals surface area (Å²) in [7, 11) is 0. The molecule has 66 heavy (non-hydrogen) atoms. The summed E-state index contributed by atoms with van der Waals surface area (Å²) in [6.07, 6.45) is 72.1. The standard InChI is InChI=1S/C60H98O6/c1-4-7-10-13-16-19-22-25-27-29-30-32-33-35-38-41-44-47-50-53-59(62)65-56-57(55-64-58(61)52-49-46-43-40-37-24-21-18-15-12-9-6-3)66-60(63)54-51-48-45-42-39-36-34-31-28-26-23-20-17-14-11-8-5-2/h7-8,10-11,16-17,19-20,25-28,30,32,34-36,38,57H,4-6,9,12-15,18,21-24,29,31,33,37,39-56H2,1-3H3/b10-7-,11-8-,19-16-,20-17-,27-25-,28-26-,32-30-,36-34-,38-35-/t57-/m0/s1. The quantitative estimate of drug-likeness (QED) is 0.0262. The van der Waals surface area contributed by atoms with E-state index in [-0.39, 0.29) is 31.1 Å². The number of ether oxygens (including phenoxy) is 3. The van der Waals surface area contributed by atoms with Gasteiger partial charge in [-0.2, -0.15) is 0 Å². The smallest absolute Gasteiger partial charge is 0.306 e. The first-order chi connectivity index (χ1) is 32.5. The maximum atomic E-state index is 12.8. The second-order valence-electron chi connectivity index (χ2n) is 17.4. The first-order valence-corrected chi connectivity index (χ1v) is 26.9. The van der Waals surface area contributed by atoms with Gasteiger partial charge in [0.1, 0.15) is 13.2 Å². The molecular formula is C60H98O6. The zero-order valence-electron chi connectivity index (χ0n) is 42.7. The van der Waals surface area contributed by atoms with Crippen LogP contribution in [0.25, 0.3) is 0 Å². The maximum Gasteiger partial charge on any atom is 0.306 e. The zero-order valence-corrected chi connectivity index (χ0v) is 42.7. The topological polar surface area (TPSA) is 78.9 Å². The van der Waals surface area contributed by atoms with Crippen LogP contribution in [0.15, 0.2) is 109 Å². The highest BCUT2D eigenvalue weighted by Crippen LogP contribution is 2.14. The predicted octanol–water partition coefficient (Wildman–Crippen LogP) is 17.9. The number of unbranched alkanes of at least 4 members (excludes halogenated alkanes) is 18. The van der Waals surface area contributed by atoms with Gasteiger partial charge in [-0.15, -0.1) is 0 Å². The molecule has 0 aromatic heterocycles. The molecule has 0 heterocycles. The van der Waals surface area contributed by atoms with Crippen LogP contribution in [0.4, 0.5) is 0 Å². The highest BCUT2D eigenvalue weighted by Gasteiger charge is 2.19. The highest BCUT2D eigenvalue weighted by molar-refractivity contribution is 5.71. The van der Waals surface area contributed by atoms with Crippen molar-refractivity contribution < 1.29 is 28.6 Å². The summed E-state index contributed by atoms with van der Waals surface area (Å²) >= 11 is 0. The summed E-state index contributed by atoms with van der Waals surface area (Å²) in [4.78, 5) is 38.0. The fourth-order valence-electron chi connectivity index (χ4n) is 7.05. The Bertz CT molecular complexity index is 1370. The molecule has 0 unspecified atom stereocenters. The Morgan fingerprint density at radius 1 is 0.318 bits per heavy atom. The molecule has 0 aliphatic heterocycles. The zero-order chi connectivity index (χ0) is 47.9. The van der Waals surface area contributed by atoms with Gasteiger partial charge in [0.05, 0.1) is 0 Å². The normalized spacial score (nSPS) is 13.0. The molecule has 1 atom stereocenters. The van der Waals surface area contributed by atoms with Gasteiger partial charge in [-0.05, 0) is 103 Å². The molecule has 6 heteroatoms. The molecule has 0 saturated carbocycles. The molecule has 0 aliphatic rings. The van der Waals surface area contributed by atoms with Crippen molar-refractivity contribution >= 4 is 17.9 Å². The van der Waals surface area contributed by atoms with Crippen molar-refractivity contribution in [2.45, 2.75) is 239 Å². The van der Waals surface area contributed by atoms with E-state index in [9.17, 15) is 14.4 Å². The summed E-state index contributed by atoms with van der Waals surface area (Å²) in [5, 5.41) is 0. The van der Waals surface area contributed by atoms with Crippen molar-refractivity contribution in [2.75, 3.05) is 13.2 Å². The van der Waals surface area contributed by atoms with Crippen molar-refractivity contribution in [2.24, 2.45) is 0 Å². The van der Waals surface area contributed by atoms with Crippen LogP contribution < -0.4 is 0 Å². The minimum Gasteiger partial charge on any atom is -0.462 e. The number of rotatable bonds is 47. The maximum absolute atomic E-state index is 12.8. The Hall–Kier alpha value is -3.93. The first-order valence-electron chi connectivity index (χ1n) is 26.9. The largest absolute Gasteiger partial charge is 0.462 e. The lowest BCUT2D eigenvalue weighted by atomic mass is 10.0. The molecule has 0 radical (unpaired) electrons. The number of carbonyl (C=O) groups is 3. The molecule has 0 saturated heterocycles. The van der Waals surface area contributed by atoms with Crippen LogP contribution in [0, 0.1) is 0 Å². The Morgan fingerprint density at radius 2 is 0.591 bits per heavy atom. The predicted molar refractivity (Wildman–Crippen MR) is 283 cm³/mol. The average Bonchev–Trinajstić information content (AvgIpc) is 3.31. The van der Waals surface area contributed by atoms with Crippen LogP contribution in [0.3, 0.4) is 0 Å². The second kappa shape index (κ2) is 53.7. The van der Waals surface area contributed by atoms with Crippen LogP contribution in [0.5, 0.6) is 0 Å². The van der Waals surface area contributed by atoms with Gasteiger partial charge in [0, 0.05) is 19.3 Å². The summed E-state index contributed by atoms with van der Waals surface area (Å²) in [5.41, 5.74) is 0. The minimum atomic E-state index is -0.805. The summed E-state index contributed by atoms with van der Waals surface area (Å²) in [6.45, 7) is 6.35. The Morgan fingerprint density at radius 3 is 0.939 bits per heavy atom. The van der Waals surface area contributed by atoms with Crippen molar-refractivity contribution in [3.05, 3.63) is 109 Å². The van der Waals surface area contributed by atoms with E-state index >= 15 is 0 Å². The van der Waals surface area contributed by atoms with E-state index in [1.165, 1.54) is 57.8 Å². The Labute approximate surface area is 406 Å². The molecule has 0 N–H and O–H groups in total. The molecule has 0 amide bonds. The summed E-state index contributed by atoms with van der Waals surface area (Å²) < 4.78 is 16.8. The van der Waals surface area contributed by atoms with Crippen molar-refractivity contribution in [3.63, 3.8) is 0 Å². The molecule has 0 aromatic carbocycles. The molecule has 0 rings (SSSR count).